The van der Waals surface area contributed by atoms with Crippen molar-refractivity contribution in [2.24, 2.45) is 7.05 Å². The molecule has 2 aromatic heterocycles. The van der Waals surface area contributed by atoms with Crippen molar-refractivity contribution >= 4 is 5.91 Å². The van der Waals surface area contributed by atoms with E-state index in [0.29, 0.717) is 5.69 Å². The number of hydrogen-bond donors (Lipinski definition) is 0. The van der Waals surface area contributed by atoms with Crippen LogP contribution in [-0.2, 0) is 13.6 Å². The van der Waals surface area contributed by atoms with Crippen LogP contribution < -0.4 is 4.74 Å². The first-order chi connectivity index (χ1) is 13.3. The van der Waals surface area contributed by atoms with Gasteiger partial charge in [0.1, 0.15) is 5.75 Å². The average molecular weight is 386 g/mol. The quantitative estimate of drug-likeness (QED) is 0.791. The Hall–Kier alpha value is -2.41. The van der Waals surface area contributed by atoms with Crippen molar-refractivity contribution in [2.45, 2.75) is 46.2 Å². The third-order valence-electron chi connectivity index (χ3n) is 5.88. The fraction of sp³-hybridized carbons (Fsp3) is 0.571. The molecular formula is C21H31N5O2. The molecule has 1 amide bonds. The van der Waals surface area contributed by atoms with Gasteiger partial charge in [-0.1, -0.05) is 0 Å². The Morgan fingerprint density at radius 1 is 1.29 bits per heavy atom. The standard InChI is InChI=1S/C21H31N5O2/c1-14-12-22-19(16(3)20(14)28-6)13-26-9-7-17(8-10-26)24(4)21(27)18-11-15(2)25(5)23-18/h11-12,17H,7-10,13H2,1-6H3. The highest BCUT2D eigenvalue weighted by atomic mass is 16.5. The normalized spacial score (nSPS) is 15.6. The molecule has 28 heavy (non-hydrogen) atoms. The number of methoxy groups -OCH3 is 1. The SMILES string of the molecule is COc1c(C)cnc(CN2CCC(N(C)C(=O)c3cc(C)n(C)n3)CC2)c1C. The van der Waals surface area contributed by atoms with Crippen molar-refractivity contribution in [1.29, 1.82) is 0 Å². The molecule has 0 bridgehead atoms. The van der Waals surface area contributed by atoms with E-state index < -0.39 is 0 Å². The largest absolute Gasteiger partial charge is 0.496 e. The Morgan fingerprint density at radius 3 is 2.54 bits per heavy atom. The van der Waals surface area contributed by atoms with E-state index in [1.165, 1.54) is 0 Å². The van der Waals surface area contributed by atoms with Crippen LogP contribution in [0.3, 0.4) is 0 Å². The Bertz CT molecular complexity index is 833. The summed E-state index contributed by atoms with van der Waals surface area (Å²) in [6, 6.07) is 2.10. The highest BCUT2D eigenvalue weighted by Gasteiger charge is 2.27. The lowest BCUT2D eigenvalue weighted by Gasteiger charge is -2.36. The number of carbonyl (C=O) groups excluding carboxylic acids is 1. The number of ether oxygens (including phenoxy) is 1. The number of carbonyl (C=O) groups is 1. The second-order valence-corrected chi connectivity index (χ2v) is 7.76. The first-order valence-electron chi connectivity index (χ1n) is 9.81. The number of aryl methyl sites for hydroxylation is 3. The number of amides is 1. The summed E-state index contributed by atoms with van der Waals surface area (Å²) in [4.78, 5) is 21.6. The maximum Gasteiger partial charge on any atom is 0.274 e. The van der Waals surface area contributed by atoms with Gasteiger partial charge in [-0.15, -0.1) is 0 Å². The van der Waals surface area contributed by atoms with Gasteiger partial charge in [-0.3, -0.25) is 19.4 Å². The molecule has 1 aliphatic heterocycles. The highest BCUT2D eigenvalue weighted by molar-refractivity contribution is 5.92. The molecule has 7 heteroatoms. The van der Waals surface area contributed by atoms with Crippen molar-refractivity contribution in [3.8, 4) is 5.75 Å². The lowest BCUT2D eigenvalue weighted by Crippen LogP contribution is -2.45. The van der Waals surface area contributed by atoms with Gasteiger partial charge in [0.25, 0.3) is 5.91 Å². The molecule has 1 saturated heterocycles. The van der Waals surface area contributed by atoms with Crippen LogP contribution in [0, 0.1) is 20.8 Å². The fourth-order valence-corrected chi connectivity index (χ4v) is 3.92. The summed E-state index contributed by atoms with van der Waals surface area (Å²) in [6.45, 7) is 8.75. The van der Waals surface area contributed by atoms with Gasteiger partial charge < -0.3 is 9.64 Å². The Morgan fingerprint density at radius 2 is 1.96 bits per heavy atom. The van der Waals surface area contributed by atoms with Gasteiger partial charge in [0.05, 0.1) is 12.8 Å². The van der Waals surface area contributed by atoms with E-state index in [9.17, 15) is 4.79 Å². The number of nitrogens with zero attached hydrogens (tertiary/aromatic N) is 5. The third kappa shape index (κ3) is 4.04. The molecule has 1 aliphatic rings. The summed E-state index contributed by atoms with van der Waals surface area (Å²) in [5.74, 6) is 0.929. The summed E-state index contributed by atoms with van der Waals surface area (Å²) < 4.78 is 7.27. The molecule has 0 N–H and O–H groups in total. The molecule has 2 aromatic rings. The predicted molar refractivity (Wildman–Crippen MR) is 109 cm³/mol. The molecule has 152 valence electrons. The zero-order chi connectivity index (χ0) is 20.4. The Balaban J connectivity index is 1.59. The minimum Gasteiger partial charge on any atom is -0.496 e. The molecule has 0 unspecified atom stereocenters. The van der Waals surface area contributed by atoms with E-state index in [2.05, 4.69) is 21.9 Å². The van der Waals surface area contributed by atoms with Gasteiger partial charge in [-0.05, 0) is 39.7 Å². The number of piperidine rings is 1. The molecule has 0 aromatic carbocycles. The first kappa shape index (κ1) is 20.3. The molecule has 1 fully saturated rings. The molecule has 3 heterocycles. The maximum atomic E-state index is 12.7. The van der Waals surface area contributed by atoms with E-state index in [1.54, 1.807) is 11.8 Å². The van der Waals surface area contributed by atoms with Gasteiger partial charge in [0.15, 0.2) is 5.69 Å². The summed E-state index contributed by atoms with van der Waals surface area (Å²) in [5, 5.41) is 4.32. The Labute approximate surface area is 167 Å². The van der Waals surface area contributed by atoms with E-state index in [1.807, 2.05) is 45.1 Å². The molecule has 7 nitrogen and oxygen atoms in total. The lowest BCUT2D eigenvalue weighted by atomic mass is 10.0. The second kappa shape index (κ2) is 8.31. The number of rotatable bonds is 5. The average Bonchev–Trinajstić information content (AvgIpc) is 3.02. The van der Waals surface area contributed by atoms with Crippen LogP contribution in [0.15, 0.2) is 12.3 Å². The smallest absolute Gasteiger partial charge is 0.274 e. The van der Waals surface area contributed by atoms with Crippen LogP contribution in [0.1, 0.15) is 45.8 Å². The monoisotopic (exact) mass is 385 g/mol. The minimum atomic E-state index is 0.00271. The number of likely N-dealkylation sites (tertiary alicyclic amines) is 1. The lowest BCUT2D eigenvalue weighted by molar-refractivity contribution is 0.0628. The highest BCUT2D eigenvalue weighted by Crippen LogP contribution is 2.26. The molecule has 0 aliphatic carbocycles. The molecule has 0 spiro atoms. The van der Waals surface area contributed by atoms with E-state index in [-0.39, 0.29) is 11.9 Å². The van der Waals surface area contributed by atoms with Gasteiger partial charge in [-0.25, -0.2) is 0 Å². The van der Waals surface area contributed by atoms with Gasteiger partial charge in [0.2, 0.25) is 0 Å². The Kier molecular flexibility index (Phi) is 6.03. The van der Waals surface area contributed by atoms with E-state index >= 15 is 0 Å². The topological polar surface area (TPSA) is 63.5 Å². The van der Waals surface area contributed by atoms with Crippen LogP contribution in [0.5, 0.6) is 5.75 Å². The molecular weight excluding hydrogens is 354 g/mol. The fourth-order valence-electron chi connectivity index (χ4n) is 3.92. The van der Waals surface area contributed by atoms with Crippen molar-refractivity contribution in [3.05, 3.63) is 40.5 Å². The molecule has 0 atom stereocenters. The van der Waals surface area contributed by atoms with E-state index in [0.717, 1.165) is 60.7 Å². The number of pyridine rings is 1. The van der Waals surface area contributed by atoms with Crippen LogP contribution in [0.25, 0.3) is 0 Å². The molecule has 0 saturated carbocycles. The predicted octanol–water partition coefficient (Wildman–Crippen LogP) is 2.49. The van der Waals surface area contributed by atoms with Crippen LogP contribution in [0.2, 0.25) is 0 Å². The number of hydrogen-bond acceptors (Lipinski definition) is 5. The summed E-state index contributed by atoms with van der Waals surface area (Å²) in [7, 11) is 5.46. The van der Waals surface area contributed by atoms with Crippen LogP contribution in [-0.4, -0.2) is 63.8 Å². The van der Waals surface area contributed by atoms with Gasteiger partial charge in [0, 0.05) is 62.8 Å². The number of aromatic nitrogens is 3. The first-order valence-corrected chi connectivity index (χ1v) is 9.81. The van der Waals surface area contributed by atoms with E-state index in [4.69, 9.17) is 4.74 Å². The van der Waals surface area contributed by atoms with Crippen LogP contribution >= 0.6 is 0 Å². The minimum absolute atomic E-state index is 0.00271. The van der Waals surface area contributed by atoms with Crippen molar-refractivity contribution in [3.63, 3.8) is 0 Å². The van der Waals surface area contributed by atoms with Crippen LogP contribution in [0.4, 0.5) is 0 Å². The molecule has 3 rings (SSSR count). The molecule has 0 radical (unpaired) electrons. The zero-order valence-corrected chi connectivity index (χ0v) is 17.8. The van der Waals surface area contributed by atoms with Crippen molar-refractivity contribution in [1.82, 2.24) is 24.6 Å². The summed E-state index contributed by atoms with van der Waals surface area (Å²) in [6.07, 6.45) is 3.79. The summed E-state index contributed by atoms with van der Waals surface area (Å²) in [5.41, 5.74) is 4.75. The second-order valence-electron chi connectivity index (χ2n) is 7.76. The van der Waals surface area contributed by atoms with Crippen molar-refractivity contribution < 1.29 is 9.53 Å². The summed E-state index contributed by atoms with van der Waals surface area (Å²) >= 11 is 0. The van der Waals surface area contributed by atoms with Gasteiger partial charge in [-0.2, -0.15) is 5.10 Å². The van der Waals surface area contributed by atoms with Crippen molar-refractivity contribution in [2.75, 3.05) is 27.2 Å². The zero-order valence-electron chi connectivity index (χ0n) is 17.8. The maximum absolute atomic E-state index is 12.7. The van der Waals surface area contributed by atoms with Gasteiger partial charge >= 0.3 is 0 Å². The third-order valence-corrected chi connectivity index (χ3v) is 5.88.